The highest BCUT2D eigenvalue weighted by Crippen LogP contribution is 2.85. The smallest absolute Gasteiger partial charge is 0.307 e. The summed E-state index contributed by atoms with van der Waals surface area (Å²) in [6.07, 6.45) is 8.08. The molecule has 4 aliphatic rings. The number of hydrogen-bond donors (Lipinski definition) is 0. The van der Waals surface area contributed by atoms with E-state index in [4.69, 9.17) is 4.74 Å². The monoisotopic (exact) mass is 232 g/mol. The first kappa shape index (κ1) is 10.2. The van der Waals surface area contributed by atoms with Crippen molar-refractivity contribution in [2.75, 3.05) is 0 Å². The molecular weight excluding hydrogens is 212 g/mol. The van der Waals surface area contributed by atoms with Gasteiger partial charge >= 0.3 is 5.97 Å². The highest BCUT2D eigenvalue weighted by molar-refractivity contribution is 5.68. The average Bonchev–Trinajstić information content (AvgIpc) is 2.59. The third-order valence-corrected chi connectivity index (χ3v) is 6.14. The van der Waals surface area contributed by atoms with Crippen molar-refractivity contribution in [2.24, 2.45) is 22.7 Å². The van der Waals surface area contributed by atoms with Crippen molar-refractivity contribution in [3.63, 3.8) is 0 Å². The van der Waals surface area contributed by atoms with Crippen LogP contribution in [0.25, 0.3) is 0 Å². The summed E-state index contributed by atoms with van der Waals surface area (Å²) in [4.78, 5) is 11.3. The summed E-state index contributed by atoms with van der Waals surface area (Å²) in [7, 11) is 0. The van der Waals surface area contributed by atoms with Gasteiger partial charge in [0, 0.05) is 12.3 Å². The zero-order valence-corrected chi connectivity index (χ0v) is 10.7. The Bertz CT molecular complexity index is 450. The van der Waals surface area contributed by atoms with E-state index in [-0.39, 0.29) is 5.97 Å². The molecule has 2 heteroatoms. The number of hydrogen-bond acceptors (Lipinski definition) is 2. The highest BCUT2D eigenvalue weighted by atomic mass is 16.5. The molecular formula is C15H20O2. The summed E-state index contributed by atoms with van der Waals surface area (Å²) < 4.78 is 5.63. The van der Waals surface area contributed by atoms with Gasteiger partial charge in [-0.3, -0.25) is 4.79 Å². The third-order valence-electron chi connectivity index (χ3n) is 6.14. The van der Waals surface area contributed by atoms with Gasteiger partial charge in [0.15, 0.2) is 0 Å². The van der Waals surface area contributed by atoms with Crippen LogP contribution in [-0.2, 0) is 9.53 Å². The van der Waals surface area contributed by atoms with Crippen molar-refractivity contribution in [3.05, 3.63) is 11.3 Å². The number of rotatable bonds is 1. The second kappa shape index (κ2) is 2.78. The average molecular weight is 232 g/mol. The molecule has 4 rings (SSSR count). The fourth-order valence-electron chi connectivity index (χ4n) is 5.79. The summed E-state index contributed by atoms with van der Waals surface area (Å²) in [5.74, 6) is 2.72. The normalized spacial score (nSPS) is 50.0. The van der Waals surface area contributed by atoms with Crippen LogP contribution in [0.15, 0.2) is 11.3 Å². The van der Waals surface area contributed by atoms with Crippen molar-refractivity contribution in [1.29, 1.82) is 0 Å². The minimum atomic E-state index is -0.127. The van der Waals surface area contributed by atoms with E-state index in [0.717, 1.165) is 17.6 Å². The van der Waals surface area contributed by atoms with E-state index in [9.17, 15) is 4.79 Å². The number of esters is 1. The molecule has 0 bridgehead atoms. The molecule has 2 unspecified atom stereocenters. The summed E-state index contributed by atoms with van der Waals surface area (Å²) >= 11 is 0. The van der Waals surface area contributed by atoms with Gasteiger partial charge in [0.05, 0.1) is 0 Å². The molecule has 0 amide bonds. The summed E-state index contributed by atoms with van der Waals surface area (Å²) in [6.45, 7) is 3.73. The quantitative estimate of drug-likeness (QED) is 0.647. The first-order chi connectivity index (χ1) is 8.10. The topological polar surface area (TPSA) is 26.3 Å². The van der Waals surface area contributed by atoms with Crippen LogP contribution < -0.4 is 0 Å². The molecule has 0 radical (unpaired) electrons. The van der Waals surface area contributed by atoms with Gasteiger partial charge in [0.2, 0.25) is 0 Å². The van der Waals surface area contributed by atoms with E-state index < -0.39 is 0 Å². The Morgan fingerprint density at radius 1 is 1.41 bits per heavy atom. The first-order valence-electron chi connectivity index (χ1n) is 6.99. The van der Waals surface area contributed by atoms with Crippen LogP contribution in [0.4, 0.5) is 0 Å². The molecule has 3 fully saturated rings. The van der Waals surface area contributed by atoms with Gasteiger partial charge in [-0.2, -0.15) is 0 Å². The minimum absolute atomic E-state index is 0.127. The van der Waals surface area contributed by atoms with E-state index >= 15 is 0 Å². The molecule has 3 saturated carbocycles. The van der Waals surface area contributed by atoms with E-state index in [2.05, 4.69) is 6.92 Å². The van der Waals surface area contributed by atoms with Gasteiger partial charge in [0.1, 0.15) is 5.76 Å². The molecule has 0 N–H and O–H groups in total. The maximum absolute atomic E-state index is 11.3. The Morgan fingerprint density at radius 2 is 2.24 bits per heavy atom. The van der Waals surface area contributed by atoms with Crippen molar-refractivity contribution < 1.29 is 9.53 Å². The minimum Gasteiger partial charge on any atom is -0.431 e. The summed E-state index contributed by atoms with van der Waals surface area (Å²) in [5, 5.41) is 0. The van der Waals surface area contributed by atoms with Gasteiger partial charge in [-0.05, 0) is 61.9 Å². The Balaban J connectivity index is 1.79. The summed E-state index contributed by atoms with van der Waals surface area (Å²) in [6, 6.07) is 0. The fourth-order valence-corrected chi connectivity index (χ4v) is 5.79. The van der Waals surface area contributed by atoms with Crippen molar-refractivity contribution in [3.8, 4) is 0 Å². The number of carbonyl (C=O) groups excluding carboxylic acids is 1. The van der Waals surface area contributed by atoms with Gasteiger partial charge in [-0.1, -0.05) is 6.42 Å². The molecule has 0 aromatic rings. The van der Waals surface area contributed by atoms with Crippen molar-refractivity contribution in [1.82, 2.24) is 0 Å². The second-order valence-corrected chi connectivity index (χ2v) is 6.73. The molecule has 4 aliphatic carbocycles. The molecule has 0 aromatic carbocycles. The second-order valence-electron chi connectivity index (χ2n) is 6.73. The lowest BCUT2D eigenvalue weighted by Gasteiger charge is -2.34. The molecule has 92 valence electrons. The van der Waals surface area contributed by atoms with E-state index in [0.29, 0.717) is 10.8 Å². The molecule has 0 aromatic heterocycles. The Kier molecular flexibility index (Phi) is 1.66. The highest BCUT2D eigenvalue weighted by Gasteiger charge is 2.79. The largest absolute Gasteiger partial charge is 0.431 e. The molecule has 0 aliphatic heterocycles. The van der Waals surface area contributed by atoms with Crippen LogP contribution >= 0.6 is 0 Å². The Labute approximate surface area is 102 Å². The van der Waals surface area contributed by atoms with Gasteiger partial charge in [-0.25, -0.2) is 0 Å². The van der Waals surface area contributed by atoms with E-state index in [1.54, 1.807) is 6.92 Å². The van der Waals surface area contributed by atoms with Gasteiger partial charge < -0.3 is 4.74 Å². The third kappa shape index (κ3) is 0.937. The van der Waals surface area contributed by atoms with Crippen molar-refractivity contribution in [2.45, 2.75) is 52.4 Å². The lowest BCUT2D eigenvalue weighted by molar-refractivity contribution is -0.138. The first-order valence-corrected chi connectivity index (χ1v) is 6.99. The lowest BCUT2D eigenvalue weighted by Crippen LogP contribution is -2.30. The predicted molar refractivity (Wildman–Crippen MR) is 64.0 cm³/mol. The molecule has 2 nitrogen and oxygen atoms in total. The van der Waals surface area contributed by atoms with Crippen LogP contribution in [0.2, 0.25) is 0 Å². The molecule has 2 spiro atoms. The van der Waals surface area contributed by atoms with Gasteiger partial charge in [-0.15, -0.1) is 0 Å². The zero-order chi connectivity index (χ0) is 11.8. The maximum atomic E-state index is 11.3. The number of ether oxygens (including phenoxy) is 1. The zero-order valence-electron chi connectivity index (χ0n) is 10.7. The van der Waals surface area contributed by atoms with Crippen LogP contribution in [0.1, 0.15) is 52.4 Å². The van der Waals surface area contributed by atoms with Crippen LogP contribution in [-0.4, -0.2) is 5.97 Å². The van der Waals surface area contributed by atoms with Crippen LogP contribution in [0.5, 0.6) is 0 Å². The molecule has 4 atom stereocenters. The van der Waals surface area contributed by atoms with Crippen LogP contribution in [0, 0.1) is 22.7 Å². The fraction of sp³-hybridized carbons (Fsp3) is 0.800. The molecule has 0 heterocycles. The SMILES string of the molecule is CC(=O)OC1=C(C)CC23CCCC2C[C@@H]2C[C@@]123. The Hall–Kier alpha value is -0.790. The standard InChI is InChI=1S/C15H20O2/c1-9-7-14-5-3-4-11(14)6-12-8-15(12,14)13(9)17-10(2)16/h11-12H,3-8H2,1-2H3/t11?,12-,14?,15+/m1/s1. The maximum Gasteiger partial charge on any atom is 0.307 e. The van der Waals surface area contributed by atoms with E-state index in [1.165, 1.54) is 44.1 Å². The van der Waals surface area contributed by atoms with E-state index in [1.807, 2.05) is 0 Å². The molecule has 17 heavy (non-hydrogen) atoms. The van der Waals surface area contributed by atoms with Crippen molar-refractivity contribution >= 4 is 5.97 Å². The number of allylic oxidation sites excluding steroid dienone is 2. The molecule has 0 saturated heterocycles. The summed E-state index contributed by atoms with van der Waals surface area (Å²) in [5.41, 5.74) is 2.19. The van der Waals surface area contributed by atoms with Crippen LogP contribution in [0.3, 0.4) is 0 Å². The number of carbonyl (C=O) groups is 1. The lowest BCUT2D eigenvalue weighted by atomic mass is 9.70. The van der Waals surface area contributed by atoms with Gasteiger partial charge in [0.25, 0.3) is 0 Å². The predicted octanol–water partition coefficient (Wildman–Crippen LogP) is 3.42. The Morgan fingerprint density at radius 3 is 3.00 bits per heavy atom.